The Morgan fingerprint density at radius 2 is 1.95 bits per heavy atom. The van der Waals surface area contributed by atoms with Gasteiger partial charge >= 0.3 is 5.97 Å². The summed E-state index contributed by atoms with van der Waals surface area (Å²) in [5, 5.41) is 19.0. The molecule has 2 rings (SSSR count). The minimum absolute atomic E-state index is 0.0897. The maximum atomic E-state index is 12.4. The first-order chi connectivity index (χ1) is 9.91. The van der Waals surface area contributed by atoms with E-state index >= 15 is 0 Å². The summed E-state index contributed by atoms with van der Waals surface area (Å²) in [6.45, 7) is 1.57. The van der Waals surface area contributed by atoms with Crippen LogP contribution in [0.15, 0.2) is 12.1 Å². The Kier molecular flexibility index (Phi) is 4.57. The van der Waals surface area contributed by atoms with Crippen molar-refractivity contribution in [2.75, 3.05) is 7.05 Å². The number of aliphatic hydroxyl groups is 1. The van der Waals surface area contributed by atoms with Gasteiger partial charge in [0, 0.05) is 7.05 Å². The van der Waals surface area contributed by atoms with Crippen molar-refractivity contribution in [2.24, 2.45) is 0 Å². The molecule has 6 nitrogen and oxygen atoms in total. The fourth-order valence-corrected chi connectivity index (χ4v) is 2.78. The van der Waals surface area contributed by atoms with Gasteiger partial charge < -0.3 is 15.1 Å². The van der Waals surface area contributed by atoms with Gasteiger partial charge in [-0.25, -0.2) is 9.78 Å². The predicted octanol–water partition coefficient (Wildman–Crippen LogP) is 1.46. The zero-order valence-corrected chi connectivity index (χ0v) is 12.2. The average molecular weight is 292 g/mol. The Balaban J connectivity index is 2.19. The zero-order chi connectivity index (χ0) is 15.6. The third-order valence-electron chi connectivity index (χ3n) is 4.05. The molecule has 114 valence electrons. The van der Waals surface area contributed by atoms with Gasteiger partial charge in [-0.1, -0.05) is 12.8 Å². The molecule has 6 heteroatoms. The zero-order valence-electron chi connectivity index (χ0n) is 12.2. The van der Waals surface area contributed by atoms with Crippen molar-refractivity contribution in [3.8, 4) is 0 Å². The molecule has 2 atom stereocenters. The number of likely N-dealkylation sites (N-methyl/N-ethyl adjacent to an activating group) is 1. The second kappa shape index (κ2) is 6.22. The molecule has 0 spiro atoms. The second-order valence-electron chi connectivity index (χ2n) is 5.47. The summed E-state index contributed by atoms with van der Waals surface area (Å²) in [5.41, 5.74) is 0.607. The number of aryl methyl sites for hydroxylation is 1. The number of carbonyl (C=O) groups is 2. The fraction of sp³-hybridized carbons (Fsp3) is 0.533. The number of aromatic carboxylic acids is 1. The van der Waals surface area contributed by atoms with Crippen LogP contribution in [0.4, 0.5) is 0 Å². The lowest BCUT2D eigenvalue weighted by atomic mass is 9.91. The molecule has 0 aliphatic heterocycles. The fourth-order valence-electron chi connectivity index (χ4n) is 2.78. The second-order valence-corrected chi connectivity index (χ2v) is 5.47. The largest absolute Gasteiger partial charge is 0.478 e. The molecular weight excluding hydrogens is 272 g/mol. The van der Waals surface area contributed by atoms with Crippen molar-refractivity contribution in [2.45, 2.75) is 44.8 Å². The van der Waals surface area contributed by atoms with Gasteiger partial charge in [-0.3, -0.25) is 4.79 Å². The van der Waals surface area contributed by atoms with Gasteiger partial charge in [0.15, 0.2) is 0 Å². The van der Waals surface area contributed by atoms with Crippen LogP contribution in [0.1, 0.15) is 52.2 Å². The van der Waals surface area contributed by atoms with Gasteiger partial charge in [-0.2, -0.15) is 0 Å². The average Bonchev–Trinajstić information content (AvgIpc) is 2.45. The van der Waals surface area contributed by atoms with E-state index in [1.807, 2.05) is 0 Å². The van der Waals surface area contributed by atoms with Gasteiger partial charge in [0.05, 0.1) is 23.4 Å². The van der Waals surface area contributed by atoms with Crippen LogP contribution in [0.25, 0.3) is 0 Å². The normalized spacial score (nSPS) is 21.9. The van der Waals surface area contributed by atoms with Crippen LogP contribution in [0, 0.1) is 6.92 Å². The standard InChI is InChI=1S/C15H20N2O4/c1-9-10(15(20)21)7-8-11(16-9)14(19)17(2)12-5-3-4-6-13(12)18/h7-8,12-13,18H,3-6H2,1-2H3,(H,20,21). The molecule has 1 aliphatic rings. The van der Waals surface area contributed by atoms with Crippen LogP contribution >= 0.6 is 0 Å². The van der Waals surface area contributed by atoms with E-state index in [1.54, 1.807) is 14.0 Å². The molecule has 1 saturated carbocycles. The van der Waals surface area contributed by atoms with Crippen LogP contribution in [-0.4, -0.2) is 51.2 Å². The Bertz CT molecular complexity index is 559. The van der Waals surface area contributed by atoms with Crippen molar-refractivity contribution in [1.29, 1.82) is 0 Å². The molecule has 1 fully saturated rings. The number of carboxylic acids is 1. The molecule has 21 heavy (non-hydrogen) atoms. The molecule has 1 heterocycles. The lowest BCUT2D eigenvalue weighted by Crippen LogP contribution is -2.46. The smallest absolute Gasteiger partial charge is 0.337 e. The molecule has 0 aromatic carbocycles. The maximum Gasteiger partial charge on any atom is 0.337 e. The molecule has 0 radical (unpaired) electrons. The summed E-state index contributed by atoms with van der Waals surface area (Å²) >= 11 is 0. The van der Waals surface area contributed by atoms with Crippen molar-refractivity contribution in [1.82, 2.24) is 9.88 Å². The summed E-state index contributed by atoms with van der Waals surface area (Å²) in [4.78, 5) is 29.0. The monoisotopic (exact) mass is 292 g/mol. The van der Waals surface area contributed by atoms with Crippen molar-refractivity contribution < 1.29 is 19.8 Å². The van der Waals surface area contributed by atoms with Crippen LogP contribution in [0.2, 0.25) is 0 Å². The molecule has 1 aromatic rings. The summed E-state index contributed by atoms with van der Waals surface area (Å²) < 4.78 is 0. The number of carboxylic acid groups (broad SMARTS) is 1. The SMILES string of the molecule is Cc1nc(C(=O)N(C)C2CCCCC2O)ccc1C(=O)O. The molecule has 1 aliphatic carbocycles. The molecule has 0 bridgehead atoms. The van der Waals surface area contributed by atoms with Crippen LogP contribution in [-0.2, 0) is 0 Å². The number of hydrogen-bond acceptors (Lipinski definition) is 4. The molecule has 1 aromatic heterocycles. The third kappa shape index (κ3) is 3.21. The predicted molar refractivity (Wildman–Crippen MR) is 76.3 cm³/mol. The lowest BCUT2D eigenvalue weighted by molar-refractivity contribution is 0.0264. The number of carbonyl (C=O) groups excluding carboxylic acids is 1. The van der Waals surface area contributed by atoms with Crippen LogP contribution in [0.5, 0.6) is 0 Å². The minimum atomic E-state index is -1.06. The van der Waals surface area contributed by atoms with Crippen LogP contribution in [0.3, 0.4) is 0 Å². The van der Waals surface area contributed by atoms with E-state index in [9.17, 15) is 14.7 Å². The number of hydrogen-bond donors (Lipinski definition) is 2. The van der Waals surface area contributed by atoms with E-state index in [4.69, 9.17) is 5.11 Å². The number of aliphatic hydroxyl groups excluding tert-OH is 1. The highest BCUT2D eigenvalue weighted by Crippen LogP contribution is 2.23. The van der Waals surface area contributed by atoms with E-state index in [-0.39, 0.29) is 23.2 Å². The summed E-state index contributed by atoms with van der Waals surface area (Å²) in [6, 6.07) is 2.61. The Hall–Kier alpha value is -1.95. The summed E-state index contributed by atoms with van der Waals surface area (Å²) in [6.07, 6.45) is 2.93. The maximum absolute atomic E-state index is 12.4. The van der Waals surface area contributed by atoms with Crippen molar-refractivity contribution >= 4 is 11.9 Å². The van der Waals surface area contributed by atoms with E-state index < -0.39 is 12.1 Å². The highest BCUT2D eigenvalue weighted by atomic mass is 16.4. The third-order valence-corrected chi connectivity index (χ3v) is 4.05. The first kappa shape index (κ1) is 15.4. The van der Waals surface area contributed by atoms with Gasteiger partial charge in [-0.05, 0) is 31.9 Å². The van der Waals surface area contributed by atoms with Crippen molar-refractivity contribution in [3.63, 3.8) is 0 Å². The Morgan fingerprint density at radius 3 is 2.52 bits per heavy atom. The van der Waals surface area contributed by atoms with E-state index in [2.05, 4.69) is 4.98 Å². The van der Waals surface area contributed by atoms with Crippen molar-refractivity contribution in [3.05, 3.63) is 29.1 Å². The summed E-state index contributed by atoms with van der Waals surface area (Å²) in [7, 11) is 1.66. The number of amides is 1. The first-order valence-corrected chi connectivity index (χ1v) is 7.08. The van der Waals surface area contributed by atoms with Gasteiger partial charge in [0.2, 0.25) is 0 Å². The van der Waals surface area contributed by atoms with E-state index in [0.29, 0.717) is 12.1 Å². The minimum Gasteiger partial charge on any atom is -0.478 e. The molecule has 2 N–H and O–H groups in total. The van der Waals surface area contributed by atoms with E-state index in [1.165, 1.54) is 17.0 Å². The molecule has 1 amide bonds. The van der Waals surface area contributed by atoms with Gasteiger partial charge in [-0.15, -0.1) is 0 Å². The van der Waals surface area contributed by atoms with Gasteiger partial charge in [0.1, 0.15) is 5.69 Å². The number of aromatic nitrogens is 1. The number of pyridine rings is 1. The summed E-state index contributed by atoms with van der Waals surface area (Å²) in [5.74, 6) is -1.35. The Labute approximate surface area is 123 Å². The van der Waals surface area contributed by atoms with Gasteiger partial charge in [0.25, 0.3) is 5.91 Å². The highest BCUT2D eigenvalue weighted by molar-refractivity contribution is 5.94. The molecule has 0 saturated heterocycles. The lowest BCUT2D eigenvalue weighted by Gasteiger charge is -2.35. The number of rotatable bonds is 3. The molecule has 2 unspecified atom stereocenters. The van der Waals surface area contributed by atoms with Crippen LogP contribution < -0.4 is 0 Å². The Morgan fingerprint density at radius 1 is 1.29 bits per heavy atom. The first-order valence-electron chi connectivity index (χ1n) is 7.08. The quantitative estimate of drug-likeness (QED) is 0.880. The molecular formula is C15H20N2O4. The topological polar surface area (TPSA) is 90.7 Å². The highest BCUT2D eigenvalue weighted by Gasteiger charge is 2.30. The number of nitrogens with zero attached hydrogens (tertiary/aromatic N) is 2. The van der Waals surface area contributed by atoms with E-state index in [0.717, 1.165) is 19.3 Å².